The van der Waals surface area contributed by atoms with Gasteiger partial charge in [-0.3, -0.25) is 0 Å². The van der Waals surface area contributed by atoms with E-state index >= 15 is 0 Å². The van der Waals surface area contributed by atoms with Gasteiger partial charge in [0, 0.05) is 13.6 Å². The second-order valence-electron chi connectivity index (χ2n) is 6.61. The molecule has 0 spiro atoms. The number of hydrogen-bond acceptors (Lipinski definition) is 3. The minimum Gasteiger partial charge on any atom is -0.497 e. The number of amides is 2. The fourth-order valence-corrected chi connectivity index (χ4v) is 3.40. The quantitative estimate of drug-likeness (QED) is 0.804. The number of nitrogens with zero attached hydrogens (tertiary/aromatic N) is 1. The molecule has 5 heteroatoms. The van der Waals surface area contributed by atoms with Gasteiger partial charge in [0.15, 0.2) is 0 Å². The van der Waals surface area contributed by atoms with E-state index in [1.54, 1.807) is 19.1 Å². The van der Waals surface area contributed by atoms with E-state index in [1.807, 2.05) is 24.3 Å². The molecule has 2 amide bonds. The van der Waals surface area contributed by atoms with Gasteiger partial charge in [0.1, 0.15) is 5.75 Å². The van der Waals surface area contributed by atoms with Crippen molar-refractivity contribution in [3.05, 3.63) is 29.8 Å². The van der Waals surface area contributed by atoms with Crippen LogP contribution in [0.5, 0.6) is 5.75 Å². The van der Waals surface area contributed by atoms with Gasteiger partial charge in [-0.05, 0) is 30.0 Å². The minimum absolute atomic E-state index is 0.112. The molecule has 1 aromatic carbocycles. The number of aliphatic hydroxyl groups excluding tert-OH is 1. The van der Waals surface area contributed by atoms with E-state index in [0.29, 0.717) is 6.54 Å². The summed E-state index contributed by atoms with van der Waals surface area (Å²) in [4.78, 5) is 13.9. The molecule has 134 valence electrons. The Morgan fingerprint density at radius 1 is 1.29 bits per heavy atom. The summed E-state index contributed by atoms with van der Waals surface area (Å²) in [6.07, 6.45) is 7.62. The van der Waals surface area contributed by atoms with Crippen LogP contribution < -0.4 is 10.1 Å². The molecule has 1 unspecified atom stereocenters. The van der Waals surface area contributed by atoms with Gasteiger partial charge < -0.3 is 20.1 Å². The molecule has 1 aliphatic carbocycles. The maximum Gasteiger partial charge on any atom is 0.317 e. The molecule has 24 heavy (non-hydrogen) atoms. The van der Waals surface area contributed by atoms with Crippen molar-refractivity contribution >= 4 is 6.03 Å². The van der Waals surface area contributed by atoms with Gasteiger partial charge in [-0.1, -0.05) is 44.2 Å². The Balaban J connectivity index is 1.84. The van der Waals surface area contributed by atoms with Crippen molar-refractivity contribution in [2.24, 2.45) is 5.92 Å². The number of ether oxygens (including phenoxy) is 1. The van der Waals surface area contributed by atoms with Crippen LogP contribution in [0.1, 0.15) is 50.1 Å². The van der Waals surface area contributed by atoms with Crippen LogP contribution in [-0.4, -0.2) is 43.3 Å². The first-order valence-corrected chi connectivity index (χ1v) is 8.91. The molecule has 2 N–H and O–H groups in total. The molecule has 1 fully saturated rings. The van der Waals surface area contributed by atoms with Crippen molar-refractivity contribution < 1.29 is 14.6 Å². The molecule has 0 bridgehead atoms. The number of hydrogen-bond donors (Lipinski definition) is 2. The van der Waals surface area contributed by atoms with Crippen LogP contribution in [0.15, 0.2) is 24.3 Å². The van der Waals surface area contributed by atoms with Crippen LogP contribution in [0.4, 0.5) is 4.79 Å². The predicted molar refractivity (Wildman–Crippen MR) is 95.2 cm³/mol. The highest BCUT2D eigenvalue weighted by molar-refractivity contribution is 5.74. The molecule has 2 rings (SSSR count). The molecule has 1 aliphatic rings. The van der Waals surface area contributed by atoms with Gasteiger partial charge in [0.2, 0.25) is 0 Å². The van der Waals surface area contributed by atoms with Crippen molar-refractivity contribution in [2.45, 2.75) is 44.6 Å². The standard InChI is InChI=1S/C19H30N2O3/c1-21(18(14-22)16-8-10-17(24-2)11-9-16)19(23)20-13-12-15-6-4-3-5-7-15/h8-11,15,18,22H,3-7,12-14H2,1-2H3,(H,20,23). The molecule has 5 nitrogen and oxygen atoms in total. The fourth-order valence-electron chi connectivity index (χ4n) is 3.40. The zero-order valence-corrected chi connectivity index (χ0v) is 14.8. The number of benzene rings is 1. The summed E-state index contributed by atoms with van der Waals surface area (Å²) in [7, 11) is 3.34. The highest BCUT2D eigenvalue weighted by Crippen LogP contribution is 2.26. The summed E-state index contributed by atoms with van der Waals surface area (Å²) in [5, 5.41) is 12.7. The molecule has 0 aliphatic heterocycles. The SMILES string of the molecule is COc1ccc(C(CO)N(C)C(=O)NCCC2CCCCC2)cc1. The smallest absolute Gasteiger partial charge is 0.317 e. The van der Waals surface area contributed by atoms with Crippen LogP contribution in [0.3, 0.4) is 0 Å². The van der Waals surface area contributed by atoms with Crippen molar-refractivity contribution in [2.75, 3.05) is 27.3 Å². The topological polar surface area (TPSA) is 61.8 Å². The summed E-state index contributed by atoms with van der Waals surface area (Å²) >= 11 is 0. The molecule has 1 aromatic rings. The molecule has 1 atom stereocenters. The number of carbonyl (C=O) groups is 1. The largest absolute Gasteiger partial charge is 0.497 e. The lowest BCUT2D eigenvalue weighted by atomic mass is 9.87. The third-order valence-electron chi connectivity index (χ3n) is 5.01. The van der Waals surface area contributed by atoms with E-state index in [4.69, 9.17) is 4.74 Å². The summed E-state index contributed by atoms with van der Waals surface area (Å²) in [5.74, 6) is 1.51. The molecule has 0 heterocycles. The number of aliphatic hydroxyl groups is 1. The van der Waals surface area contributed by atoms with E-state index in [0.717, 1.165) is 23.7 Å². The van der Waals surface area contributed by atoms with Gasteiger partial charge in [0.05, 0.1) is 19.8 Å². The number of carbonyl (C=O) groups excluding carboxylic acids is 1. The maximum absolute atomic E-state index is 12.4. The van der Waals surface area contributed by atoms with Crippen molar-refractivity contribution in [1.29, 1.82) is 0 Å². The third kappa shape index (κ3) is 5.13. The average Bonchev–Trinajstić information content (AvgIpc) is 2.63. The Hall–Kier alpha value is -1.75. The zero-order valence-electron chi connectivity index (χ0n) is 14.8. The first-order valence-electron chi connectivity index (χ1n) is 8.91. The molecule has 1 saturated carbocycles. The normalized spacial score (nSPS) is 16.5. The van der Waals surface area contributed by atoms with E-state index in [2.05, 4.69) is 5.32 Å². The van der Waals surface area contributed by atoms with Crippen LogP contribution in [0.25, 0.3) is 0 Å². The Bertz CT molecular complexity index is 498. The number of likely N-dealkylation sites (N-methyl/N-ethyl adjacent to an activating group) is 1. The van der Waals surface area contributed by atoms with Crippen LogP contribution in [0.2, 0.25) is 0 Å². The van der Waals surface area contributed by atoms with Gasteiger partial charge in [-0.15, -0.1) is 0 Å². The highest BCUT2D eigenvalue weighted by Gasteiger charge is 2.21. The van der Waals surface area contributed by atoms with Gasteiger partial charge in [-0.25, -0.2) is 4.79 Å². The fraction of sp³-hybridized carbons (Fsp3) is 0.632. The lowest BCUT2D eigenvalue weighted by Gasteiger charge is -2.28. The second-order valence-corrected chi connectivity index (χ2v) is 6.61. The van der Waals surface area contributed by atoms with Gasteiger partial charge in [-0.2, -0.15) is 0 Å². The van der Waals surface area contributed by atoms with Crippen LogP contribution >= 0.6 is 0 Å². The van der Waals surface area contributed by atoms with Crippen molar-refractivity contribution in [3.8, 4) is 5.75 Å². The van der Waals surface area contributed by atoms with Crippen molar-refractivity contribution in [1.82, 2.24) is 10.2 Å². The summed E-state index contributed by atoms with van der Waals surface area (Å²) in [6.45, 7) is 0.591. The lowest BCUT2D eigenvalue weighted by Crippen LogP contribution is -2.41. The first kappa shape index (κ1) is 18.6. The van der Waals surface area contributed by atoms with Crippen LogP contribution in [0, 0.1) is 5.92 Å². The van der Waals surface area contributed by atoms with Crippen molar-refractivity contribution in [3.63, 3.8) is 0 Å². The minimum atomic E-state index is -0.356. The summed E-state index contributed by atoms with van der Waals surface area (Å²) < 4.78 is 5.15. The number of rotatable bonds is 7. The van der Waals surface area contributed by atoms with E-state index in [9.17, 15) is 9.90 Å². The third-order valence-corrected chi connectivity index (χ3v) is 5.01. The zero-order chi connectivity index (χ0) is 17.4. The van der Waals surface area contributed by atoms with E-state index < -0.39 is 0 Å². The lowest BCUT2D eigenvalue weighted by molar-refractivity contribution is 0.149. The Labute approximate surface area is 145 Å². The number of urea groups is 1. The molecule has 0 radical (unpaired) electrons. The maximum atomic E-state index is 12.4. The molecule has 0 aromatic heterocycles. The molecular formula is C19H30N2O3. The first-order chi connectivity index (χ1) is 11.7. The highest BCUT2D eigenvalue weighted by atomic mass is 16.5. The Kier molecular flexibility index (Phi) is 7.37. The van der Waals surface area contributed by atoms with E-state index in [1.165, 1.54) is 32.1 Å². The number of nitrogens with one attached hydrogen (secondary N) is 1. The van der Waals surface area contributed by atoms with E-state index in [-0.39, 0.29) is 18.7 Å². The monoisotopic (exact) mass is 334 g/mol. The van der Waals surface area contributed by atoms with Gasteiger partial charge in [0.25, 0.3) is 0 Å². The number of methoxy groups -OCH3 is 1. The summed E-state index contributed by atoms with van der Waals surface area (Å²) in [5.41, 5.74) is 0.892. The molecule has 0 saturated heterocycles. The Morgan fingerprint density at radius 3 is 2.54 bits per heavy atom. The summed E-state index contributed by atoms with van der Waals surface area (Å²) in [6, 6.07) is 6.95. The Morgan fingerprint density at radius 2 is 1.96 bits per heavy atom. The molecular weight excluding hydrogens is 304 g/mol. The van der Waals surface area contributed by atoms with Crippen LogP contribution in [-0.2, 0) is 0 Å². The van der Waals surface area contributed by atoms with Gasteiger partial charge >= 0.3 is 6.03 Å². The average molecular weight is 334 g/mol. The second kappa shape index (κ2) is 9.52. The predicted octanol–water partition coefficient (Wildman–Crippen LogP) is 3.34.